The average molecular weight is 251 g/mol. The Hall–Kier alpha value is -0.800. The molecular formula is C14H21NOS. The minimum atomic E-state index is 0.0172. The third-order valence-corrected chi connectivity index (χ3v) is 3.57. The predicted octanol–water partition coefficient (Wildman–Crippen LogP) is 3.35. The number of carbonyl (C=O) groups excluding carboxylic acids is 1. The number of carbonyl (C=O) groups is 1. The van der Waals surface area contributed by atoms with Gasteiger partial charge in [0.1, 0.15) is 0 Å². The lowest BCUT2D eigenvalue weighted by Gasteiger charge is -2.10. The van der Waals surface area contributed by atoms with E-state index in [0.717, 1.165) is 12.0 Å². The summed E-state index contributed by atoms with van der Waals surface area (Å²) in [5.41, 5.74) is 6.26. The second-order valence-corrected chi connectivity index (χ2v) is 6.18. The highest BCUT2D eigenvalue weighted by molar-refractivity contribution is 7.99. The van der Waals surface area contributed by atoms with E-state index in [1.54, 1.807) is 11.8 Å². The first-order valence-electron chi connectivity index (χ1n) is 6.05. The molecule has 1 aromatic carbocycles. The Morgan fingerprint density at radius 1 is 1.24 bits per heavy atom. The Bertz CT molecular complexity index is 359. The molecule has 0 aromatic heterocycles. The number of hydrogen-bond donors (Lipinski definition) is 1. The number of Topliss-reactive ketones (excluding diaryl/α,β-unsaturated/α-hetero) is 1. The van der Waals surface area contributed by atoms with Crippen LogP contribution >= 0.6 is 11.8 Å². The van der Waals surface area contributed by atoms with E-state index in [1.807, 2.05) is 31.2 Å². The van der Waals surface area contributed by atoms with Crippen LogP contribution in [0.1, 0.15) is 37.6 Å². The van der Waals surface area contributed by atoms with Crippen molar-refractivity contribution in [2.75, 3.05) is 6.54 Å². The SMILES string of the molecule is CC(C)Sc1ccc(C(=O)C(C)CCN)cc1. The van der Waals surface area contributed by atoms with Gasteiger partial charge in [0, 0.05) is 21.6 Å². The van der Waals surface area contributed by atoms with Crippen LogP contribution in [0.25, 0.3) is 0 Å². The Balaban J connectivity index is 2.70. The van der Waals surface area contributed by atoms with Crippen molar-refractivity contribution < 1.29 is 4.79 Å². The molecule has 0 radical (unpaired) electrons. The molecule has 94 valence electrons. The average Bonchev–Trinajstić information content (AvgIpc) is 2.28. The van der Waals surface area contributed by atoms with Gasteiger partial charge in [0.2, 0.25) is 0 Å². The van der Waals surface area contributed by atoms with Gasteiger partial charge in [-0.2, -0.15) is 0 Å². The van der Waals surface area contributed by atoms with Gasteiger partial charge in [-0.15, -0.1) is 11.8 Å². The summed E-state index contributed by atoms with van der Waals surface area (Å²) in [6.07, 6.45) is 0.751. The predicted molar refractivity (Wildman–Crippen MR) is 74.6 cm³/mol. The van der Waals surface area contributed by atoms with E-state index in [1.165, 1.54) is 4.90 Å². The summed E-state index contributed by atoms with van der Waals surface area (Å²) < 4.78 is 0. The van der Waals surface area contributed by atoms with Gasteiger partial charge in [0.15, 0.2) is 5.78 Å². The van der Waals surface area contributed by atoms with Crippen LogP contribution in [0.15, 0.2) is 29.2 Å². The van der Waals surface area contributed by atoms with Crippen molar-refractivity contribution in [3.63, 3.8) is 0 Å². The highest BCUT2D eigenvalue weighted by Crippen LogP contribution is 2.23. The maximum absolute atomic E-state index is 12.0. The van der Waals surface area contributed by atoms with Crippen LogP contribution in [0.3, 0.4) is 0 Å². The zero-order chi connectivity index (χ0) is 12.8. The van der Waals surface area contributed by atoms with Crippen LogP contribution in [0.5, 0.6) is 0 Å². The Kier molecular flexibility index (Phi) is 5.72. The Morgan fingerprint density at radius 3 is 2.29 bits per heavy atom. The summed E-state index contributed by atoms with van der Waals surface area (Å²) >= 11 is 1.81. The number of benzene rings is 1. The summed E-state index contributed by atoms with van der Waals surface area (Å²) in [6.45, 7) is 6.82. The topological polar surface area (TPSA) is 43.1 Å². The number of thioether (sulfide) groups is 1. The molecule has 0 bridgehead atoms. The van der Waals surface area contributed by atoms with E-state index in [4.69, 9.17) is 5.73 Å². The van der Waals surface area contributed by atoms with Gasteiger partial charge in [-0.3, -0.25) is 4.79 Å². The van der Waals surface area contributed by atoms with Gasteiger partial charge in [-0.25, -0.2) is 0 Å². The van der Waals surface area contributed by atoms with Gasteiger partial charge in [0.05, 0.1) is 0 Å². The second-order valence-electron chi connectivity index (χ2n) is 4.53. The molecule has 1 unspecified atom stereocenters. The maximum Gasteiger partial charge on any atom is 0.165 e. The summed E-state index contributed by atoms with van der Waals surface area (Å²) in [5.74, 6) is 0.208. The van der Waals surface area contributed by atoms with Crippen LogP contribution in [0, 0.1) is 5.92 Å². The largest absolute Gasteiger partial charge is 0.330 e. The van der Waals surface area contributed by atoms with E-state index in [2.05, 4.69) is 13.8 Å². The van der Waals surface area contributed by atoms with Crippen LogP contribution < -0.4 is 5.73 Å². The van der Waals surface area contributed by atoms with E-state index in [-0.39, 0.29) is 11.7 Å². The molecule has 1 aromatic rings. The van der Waals surface area contributed by atoms with Crippen molar-refractivity contribution in [1.82, 2.24) is 0 Å². The standard InChI is InChI=1S/C14H21NOS/c1-10(2)17-13-6-4-12(5-7-13)14(16)11(3)8-9-15/h4-7,10-11H,8-9,15H2,1-3H3. The second kappa shape index (κ2) is 6.82. The normalized spacial score (nSPS) is 12.8. The lowest BCUT2D eigenvalue weighted by Crippen LogP contribution is -2.15. The van der Waals surface area contributed by atoms with Gasteiger partial charge < -0.3 is 5.73 Å². The van der Waals surface area contributed by atoms with E-state index in [9.17, 15) is 4.79 Å². The summed E-state index contributed by atoms with van der Waals surface area (Å²) in [6, 6.07) is 7.88. The fourth-order valence-electron chi connectivity index (χ4n) is 1.64. The molecule has 0 aliphatic carbocycles. The van der Waals surface area contributed by atoms with Crippen molar-refractivity contribution in [2.45, 2.75) is 37.3 Å². The highest BCUT2D eigenvalue weighted by Gasteiger charge is 2.14. The Labute approximate surface area is 108 Å². The smallest absolute Gasteiger partial charge is 0.165 e. The van der Waals surface area contributed by atoms with Crippen LogP contribution in [-0.2, 0) is 0 Å². The van der Waals surface area contributed by atoms with Gasteiger partial charge in [0.25, 0.3) is 0 Å². The quantitative estimate of drug-likeness (QED) is 0.623. The number of nitrogens with two attached hydrogens (primary N) is 1. The fourth-order valence-corrected chi connectivity index (χ4v) is 2.47. The van der Waals surface area contributed by atoms with Crippen molar-refractivity contribution in [2.24, 2.45) is 11.7 Å². The van der Waals surface area contributed by atoms with Gasteiger partial charge in [-0.05, 0) is 25.1 Å². The van der Waals surface area contributed by atoms with Crippen LogP contribution in [0.2, 0.25) is 0 Å². The fraction of sp³-hybridized carbons (Fsp3) is 0.500. The number of rotatable bonds is 6. The molecule has 3 heteroatoms. The van der Waals surface area contributed by atoms with Crippen LogP contribution in [0.4, 0.5) is 0 Å². The molecule has 0 fully saturated rings. The van der Waals surface area contributed by atoms with E-state index >= 15 is 0 Å². The molecule has 2 N–H and O–H groups in total. The first-order chi connectivity index (χ1) is 8.04. The van der Waals surface area contributed by atoms with Crippen molar-refractivity contribution in [3.05, 3.63) is 29.8 Å². The van der Waals surface area contributed by atoms with Gasteiger partial charge in [-0.1, -0.05) is 32.9 Å². The molecule has 2 nitrogen and oxygen atoms in total. The van der Waals surface area contributed by atoms with Crippen molar-refractivity contribution in [3.8, 4) is 0 Å². The molecule has 0 spiro atoms. The first kappa shape index (κ1) is 14.3. The van der Waals surface area contributed by atoms with Crippen molar-refractivity contribution >= 4 is 17.5 Å². The van der Waals surface area contributed by atoms with Crippen LogP contribution in [-0.4, -0.2) is 17.6 Å². The molecule has 0 aliphatic heterocycles. The Morgan fingerprint density at radius 2 is 1.82 bits per heavy atom. The molecule has 1 atom stereocenters. The molecule has 0 heterocycles. The molecule has 0 aliphatic rings. The summed E-state index contributed by atoms with van der Waals surface area (Å²) in [7, 11) is 0. The minimum absolute atomic E-state index is 0.0172. The molecule has 0 saturated carbocycles. The third-order valence-electron chi connectivity index (χ3n) is 2.56. The minimum Gasteiger partial charge on any atom is -0.330 e. The molecule has 1 rings (SSSR count). The third kappa shape index (κ3) is 4.52. The van der Waals surface area contributed by atoms with Crippen molar-refractivity contribution in [1.29, 1.82) is 0 Å². The molecule has 0 saturated heterocycles. The zero-order valence-corrected chi connectivity index (χ0v) is 11.6. The number of ketones is 1. The molecule has 0 amide bonds. The summed E-state index contributed by atoms with van der Waals surface area (Å²) in [4.78, 5) is 13.2. The zero-order valence-electron chi connectivity index (χ0n) is 10.8. The first-order valence-corrected chi connectivity index (χ1v) is 6.93. The maximum atomic E-state index is 12.0. The van der Waals surface area contributed by atoms with Gasteiger partial charge >= 0.3 is 0 Å². The molecule has 17 heavy (non-hydrogen) atoms. The number of hydrogen-bond acceptors (Lipinski definition) is 3. The molecular weight excluding hydrogens is 230 g/mol. The van der Waals surface area contributed by atoms with E-state index in [0.29, 0.717) is 11.8 Å². The highest BCUT2D eigenvalue weighted by atomic mass is 32.2. The lowest BCUT2D eigenvalue weighted by molar-refractivity contribution is 0.0925. The monoisotopic (exact) mass is 251 g/mol. The van der Waals surface area contributed by atoms with E-state index < -0.39 is 0 Å². The summed E-state index contributed by atoms with van der Waals surface area (Å²) in [5, 5.41) is 0.563. The lowest BCUT2D eigenvalue weighted by atomic mass is 9.97.